The second kappa shape index (κ2) is 9.52. The van der Waals surface area contributed by atoms with Gasteiger partial charge in [0.2, 0.25) is 5.91 Å². The topological polar surface area (TPSA) is 83.7 Å². The number of unbranched alkanes of at least 4 members (excludes halogenated alkanes) is 2. The summed E-state index contributed by atoms with van der Waals surface area (Å²) in [4.78, 5) is 27.8. The van der Waals surface area contributed by atoms with E-state index >= 15 is 0 Å². The van der Waals surface area contributed by atoms with Gasteiger partial charge >= 0.3 is 5.97 Å². The second-order valence-corrected chi connectivity index (χ2v) is 7.54. The van der Waals surface area contributed by atoms with Gasteiger partial charge in [-0.15, -0.1) is 0 Å². The Labute approximate surface area is 174 Å². The highest BCUT2D eigenvalue weighted by Gasteiger charge is 2.18. The van der Waals surface area contributed by atoms with E-state index in [0.717, 1.165) is 35.3 Å². The predicted octanol–water partition coefficient (Wildman–Crippen LogP) is 4.06. The third-order valence-corrected chi connectivity index (χ3v) is 5.01. The van der Waals surface area contributed by atoms with Crippen LogP contribution in [0.1, 0.15) is 42.5 Å². The number of hydrogen-bond donors (Lipinski definition) is 2. The molecule has 3 rings (SSSR count). The van der Waals surface area contributed by atoms with Crippen LogP contribution in [0.4, 0.5) is 4.39 Å². The number of carbonyl (C=O) groups is 2. The molecule has 0 saturated carbocycles. The van der Waals surface area contributed by atoms with Gasteiger partial charge < -0.3 is 14.8 Å². The molecular weight excluding hydrogens is 385 g/mol. The lowest BCUT2D eigenvalue weighted by molar-refractivity contribution is -0.137. The lowest BCUT2D eigenvalue weighted by Crippen LogP contribution is -2.26. The van der Waals surface area contributed by atoms with Gasteiger partial charge in [-0.2, -0.15) is 0 Å². The van der Waals surface area contributed by atoms with Gasteiger partial charge in [-0.05, 0) is 62.1 Å². The van der Waals surface area contributed by atoms with Gasteiger partial charge in [-0.3, -0.25) is 9.59 Å². The molecule has 1 aromatic carbocycles. The zero-order valence-corrected chi connectivity index (χ0v) is 17.2. The van der Waals surface area contributed by atoms with E-state index in [1.165, 1.54) is 6.07 Å². The van der Waals surface area contributed by atoms with E-state index in [-0.39, 0.29) is 24.6 Å². The molecule has 1 amide bonds. The average molecular weight is 411 g/mol. The summed E-state index contributed by atoms with van der Waals surface area (Å²) in [5, 5.41) is 11.6. The molecule has 0 bridgehead atoms. The standard InChI is InChI=1S/C23H26FN3O3/c1-15-7-10-20-26-23(17-8-9-18(24)16(2)12-17)19(27(20)14-15)13-21(28)25-11-5-3-4-6-22(29)30/h7-10,12,14H,3-6,11,13H2,1-2H3,(H,25,28)(H,29,30). The SMILES string of the molecule is Cc1ccc2nc(-c3ccc(F)c(C)c3)c(CC(=O)NCCCCCC(=O)O)n2c1. The highest BCUT2D eigenvalue weighted by atomic mass is 19.1. The van der Waals surface area contributed by atoms with Crippen molar-refractivity contribution >= 4 is 17.5 Å². The first-order valence-electron chi connectivity index (χ1n) is 10.1. The highest BCUT2D eigenvalue weighted by Crippen LogP contribution is 2.27. The van der Waals surface area contributed by atoms with Gasteiger partial charge in [0, 0.05) is 24.7 Å². The van der Waals surface area contributed by atoms with E-state index < -0.39 is 5.97 Å². The molecule has 6 nitrogen and oxygen atoms in total. The first kappa shape index (κ1) is 21.5. The molecule has 0 aliphatic rings. The Morgan fingerprint density at radius 1 is 1.13 bits per heavy atom. The number of carboxylic acid groups (broad SMARTS) is 1. The number of halogens is 1. The van der Waals surface area contributed by atoms with Gasteiger partial charge in [0.15, 0.2) is 0 Å². The van der Waals surface area contributed by atoms with Crippen LogP contribution in [-0.4, -0.2) is 32.9 Å². The molecule has 3 aromatic rings. The van der Waals surface area contributed by atoms with E-state index in [0.29, 0.717) is 24.2 Å². The largest absolute Gasteiger partial charge is 0.481 e. The number of carboxylic acids is 1. The molecule has 0 fully saturated rings. The minimum atomic E-state index is -0.800. The first-order chi connectivity index (χ1) is 14.3. The molecular formula is C23H26FN3O3. The molecule has 0 aliphatic carbocycles. The van der Waals surface area contributed by atoms with Crippen molar-refractivity contribution < 1.29 is 19.1 Å². The number of carbonyl (C=O) groups excluding carboxylic acids is 1. The van der Waals surface area contributed by atoms with Gasteiger partial charge in [0.25, 0.3) is 0 Å². The van der Waals surface area contributed by atoms with E-state index in [1.54, 1.807) is 19.1 Å². The molecule has 0 aliphatic heterocycles. The number of amides is 1. The van der Waals surface area contributed by atoms with Crippen LogP contribution in [-0.2, 0) is 16.0 Å². The van der Waals surface area contributed by atoms with Crippen molar-refractivity contribution in [1.82, 2.24) is 14.7 Å². The fourth-order valence-corrected chi connectivity index (χ4v) is 3.41. The van der Waals surface area contributed by atoms with Crippen molar-refractivity contribution in [2.75, 3.05) is 6.54 Å². The van der Waals surface area contributed by atoms with Crippen molar-refractivity contribution in [2.24, 2.45) is 0 Å². The Hall–Kier alpha value is -3.22. The quantitative estimate of drug-likeness (QED) is 0.520. The van der Waals surface area contributed by atoms with Crippen molar-refractivity contribution in [3.63, 3.8) is 0 Å². The smallest absolute Gasteiger partial charge is 0.303 e. The number of pyridine rings is 1. The lowest BCUT2D eigenvalue weighted by Gasteiger charge is -2.08. The number of imidazole rings is 1. The molecule has 0 unspecified atom stereocenters. The molecule has 2 aromatic heterocycles. The first-order valence-corrected chi connectivity index (χ1v) is 10.1. The summed E-state index contributed by atoms with van der Waals surface area (Å²) in [6, 6.07) is 8.71. The van der Waals surface area contributed by atoms with Crippen LogP contribution in [0.5, 0.6) is 0 Å². The molecule has 0 atom stereocenters. The Bertz CT molecular complexity index is 1070. The number of benzene rings is 1. The summed E-state index contributed by atoms with van der Waals surface area (Å²) in [6.07, 6.45) is 4.32. The monoisotopic (exact) mass is 411 g/mol. The van der Waals surface area contributed by atoms with E-state index in [4.69, 9.17) is 10.1 Å². The fraction of sp³-hybridized carbons (Fsp3) is 0.348. The van der Waals surface area contributed by atoms with Crippen LogP contribution in [0.25, 0.3) is 16.9 Å². The Morgan fingerprint density at radius 2 is 1.93 bits per heavy atom. The normalized spacial score (nSPS) is 11.0. The third-order valence-electron chi connectivity index (χ3n) is 5.01. The molecule has 158 valence electrons. The summed E-state index contributed by atoms with van der Waals surface area (Å²) < 4.78 is 15.6. The Kier molecular flexibility index (Phi) is 6.82. The number of fused-ring (bicyclic) bond motifs is 1. The summed E-state index contributed by atoms with van der Waals surface area (Å²) in [5.74, 6) is -1.21. The molecule has 2 N–H and O–H groups in total. The van der Waals surface area contributed by atoms with Gasteiger partial charge in [0.1, 0.15) is 11.5 Å². The van der Waals surface area contributed by atoms with Gasteiger partial charge in [0.05, 0.1) is 17.8 Å². The molecule has 0 saturated heterocycles. The fourth-order valence-electron chi connectivity index (χ4n) is 3.41. The van der Waals surface area contributed by atoms with Crippen molar-refractivity contribution in [3.05, 3.63) is 59.2 Å². The minimum Gasteiger partial charge on any atom is -0.481 e. The van der Waals surface area contributed by atoms with Gasteiger partial charge in [-0.25, -0.2) is 9.37 Å². The summed E-state index contributed by atoms with van der Waals surface area (Å²) in [6.45, 7) is 4.18. The summed E-state index contributed by atoms with van der Waals surface area (Å²) in [7, 11) is 0. The van der Waals surface area contributed by atoms with Crippen molar-refractivity contribution in [1.29, 1.82) is 0 Å². The van der Waals surface area contributed by atoms with Crippen LogP contribution in [0.2, 0.25) is 0 Å². The second-order valence-electron chi connectivity index (χ2n) is 7.54. The minimum absolute atomic E-state index is 0.128. The zero-order valence-electron chi connectivity index (χ0n) is 17.2. The van der Waals surface area contributed by atoms with Crippen LogP contribution in [0.3, 0.4) is 0 Å². The Morgan fingerprint density at radius 3 is 2.67 bits per heavy atom. The van der Waals surface area contributed by atoms with Crippen molar-refractivity contribution in [3.8, 4) is 11.3 Å². The number of nitrogens with one attached hydrogen (secondary N) is 1. The third kappa shape index (κ3) is 5.23. The molecule has 0 radical (unpaired) electrons. The maximum atomic E-state index is 13.7. The zero-order chi connectivity index (χ0) is 21.7. The molecule has 2 heterocycles. The summed E-state index contributed by atoms with van der Waals surface area (Å²) >= 11 is 0. The molecule has 7 heteroatoms. The van der Waals surface area contributed by atoms with Crippen LogP contribution < -0.4 is 5.32 Å². The number of hydrogen-bond acceptors (Lipinski definition) is 3. The van der Waals surface area contributed by atoms with E-state index in [2.05, 4.69) is 5.32 Å². The van der Waals surface area contributed by atoms with Gasteiger partial charge in [-0.1, -0.05) is 12.5 Å². The highest BCUT2D eigenvalue weighted by molar-refractivity contribution is 5.81. The van der Waals surface area contributed by atoms with Crippen molar-refractivity contribution in [2.45, 2.75) is 46.0 Å². The van der Waals surface area contributed by atoms with Crippen LogP contribution in [0, 0.1) is 19.7 Å². The number of nitrogens with zero attached hydrogens (tertiary/aromatic N) is 2. The van der Waals surface area contributed by atoms with Crippen LogP contribution >= 0.6 is 0 Å². The Balaban J connectivity index is 1.78. The molecule has 0 spiro atoms. The summed E-state index contributed by atoms with van der Waals surface area (Å²) in [5.41, 5.74) is 4.49. The van der Waals surface area contributed by atoms with Crippen LogP contribution in [0.15, 0.2) is 36.5 Å². The number of aryl methyl sites for hydroxylation is 2. The number of aliphatic carboxylic acids is 1. The number of aromatic nitrogens is 2. The van der Waals surface area contributed by atoms with E-state index in [9.17, 15) is 14.0 Å². The lowest BCUT2D eigenvalue weighted by atomic mass is 10.1. The maximum absolute atomic E-state index is 13.7. The average Bonchev–Trinajstić information content (AvgIpc) is 3.04. The van der Waals surface area contributed by atoms with E-state index in [1.807, 2.05) is 29.7 Å². The predicted molar refractivity (Wildman–Crippen MR) is 113 cm³/mol. The number of rotatable bonds is 9. The maximum Gasteiger partial charge on any atom is 0.303 e. The molecule has 30 heavy (non-hydrogen) atoms.